The van der Waals surface area contributed by atoms with Crippen molar-refractivity contribution in [3.8, 4) is 0 Å². The highest BCUT2D eigenvalue weighted by Gasteiger charge is 2.36. The second kappa shape index (κ2) is 5.99. The van der Waals surface area contributed by atoms with Crippen molar-refractivity contribution >= 4 is 17.2 Å². The number of hydrogen-bond donors (Lipinski definition) is 1. The fourth-order valence-electron chi connectivity index (χ4n) is 2.72. The molecular weight excluding hydrogens is 256 g/mol. The maximum atomic E-state index is 5.80. The Bertz CT molecular complexity index is 433. The van der Waals surface area contributed by atoms with Crippen LogP contribution in [0.15, 0.2) is 30.3 Å². The molecule has 4 heteroatoms. The first-order chi connectivity index (χ1) is 9.00. The van der Waals surface area contributed by atoms with E-state index < -0.39 is 0 Å². The summed E-state index contributed by atoms with van der Waals surface area (Å²) in [5.41, 5.74) is 7.07. The van der Waals surface area contributed by atoms with Gasteiger partial charge >= 0.3 is 0 Å². The Morgan fingerprint density at radius 1 is 1.42 bits per heavy atom. The zero-order valence-electron chi connectivity index (χ0n) is 11.6. The fourth-order valence-corrected chi connectivity index (χ4v) is 2.88. The Balaban J connectivity index is 2.29. The van der Waals surface area contributed by atoms with Crippen molar-refractivity contribution in [2.45, 2.75) is 31.8 Å². The summed E-state index contributed by atoms with van der Waals surface area (Å²) in [6.07, 6.45) is 0.711. The van der Waals surface area contributed by atoms with Gasteiger partial charge in [-0.05, 0) is 19.4 Å². The van der Waals surface area contributed by atoms with Crippen LogP contribution in [0.3, 0.4) is 0 Å². The maximum absolute atomic E-state index is 5.80. The predicted octanol–water partition coefficient (Wildman–Crippen LogP) is 2.51. The van der Waals surface area contributed by atoms with Crippen LogP contribution in [0, 0.1) is 0 Å². The van der Waals surface area contributed by atoms with E-state index in [1.54, 1.807) is 0 Å². The van der Waals surface area contributed by atoms with Crippen LogP contribution >= 0.6 is 12.2 Å². The Labute approximate surface area is 120 Å². The average molecular weight is 278 g/mol. The van der Waals surface area contributed by atoms with Gasteiger partial charge in [-0.2, -0.15) is 0 Å². The highest BCUT2D eigenvalue weighted by molar-refractivity contribution is 7.80. The van der Waals surface area contributed by atoms with E-state index in [-0.39, 0.29) is 11.6 Å². The van der Waals surface area contributed by atoms with Crippen LogP contribution in [-0.4, -0.2) is 35.2 Å². The van der Waals surface area contributed by atoms with E-state index in [1.807, 2.05) is 6.07 Å². The number of ether oxygens (including phenoxy) is 1. The molecule has 1 fully saturated rings. The molecule has 1 aliphatic heterocycles. The minimum absolute atomic E-state index is 0.00351. The van der Waals surface area contributed by atoms with Crippen molar-refractivity contribution in [2.24, 2.45) is 5.73 Å². The van der Waals surface area contributed by atoms with Crippen molar-refractivity contribution in [2.75, 3.05) is 19.8 Å². The molecule has 1 heterocycles. The lowest BCUT2D eigenvalue weighted by molar-refractivity contribution is -0.0716. The highest BCUT2D eigenvalue weighted by atomic mass is 32.1. The fraction of sp³-hybridized carbons (Fsp3) is 0.533. The molecule has 1 aromatic carbocycles. The largest absolute Gasteiger partial charge is 0.393 e. The first-order valence-corrected chi connectivity index (χ1v) is 7.09. The number of thiocarbonyl (C=S) groups is 1. The summed E-state index contributed by atoms with van der Waals surface area (Å²) >= 11 is 5.14. The van der Waals surface area contributed by atoms with Gasteiger partial charge in [-0.25, -0.2) is 0 Å². The first kappa shape index (κ1) is 14.4. The van der Waals surface area contributed by atoms with Crippen LogP contribution < -0.4 is 5.73 Å². The van der Waals surface area contributed by atoms with Gasteiger partial charge in [-0.15, -0.1) is 0 Å². The van der Waals surface area contributed by atoms with Crippen LogP contribution in [0.4, 0.5) is 0 Å². The Morgan fingerprint density at radius 3 is 2.68 bits per heavy atom. The zero-order chi connectivity index (χ0) is 13.9. The molecule has 0 aromatic heterocycles. The summed E-state index contributed by atoms with van der Waals surface area (Å²) < 4.78 is 5.60. The molecule has 3 nitrogen and oxygen atoms in total. The lowest BCUT2D eigenvalue weighted by Gasteiger charge is -2.46. The standard InChI is InChI=1S/C15H22N2OS/c1-15(2)11-18-9-8-17(15)13(10-14(16)19)12-6-4-3-5-7-12/h3-7,13H,8-11H2,1-2H3,(H2,16,19). The molecule has 0 radical (unpaired) electrons. The highest BCUT2D eigenvalue weighted by Crippen LogP contribution is 2.32. The smallest absolute Gasteiger partial charge is 0.0746 e. The van der Waals surface area contributed by atoms with Gasteiger partial charge in [-0.3, -0.25) is 4.90 Å². The number of nitrogens with zero attached hydrogens (tertiary/aromatic N) is 1. The van der Waals surface area contributed by atoms with Crippen LogP contribution in [0.5, 0.6) is 0 Å². The molecule has 0 amide bonds. The van der Waals surface area contributed by atoms with Crippen molar-refractivity contribution in [1.29, 1.82) is 0 Å². The molecule has 0 saturated carbocycles. The molecule has 1 atom stereocenters. The van der Waals surface area contributed by atoms with Crippen molar-refractivity contribution in [1.82, 2.24) is 4.90 Å². The Hall–Kier alpha value is -0.970. The minimum atomic E-state index is 0.00351. The molecule has 0 bridgehead atoms. The monoisotopic (exact) mass is 278 g/mol. The summed E-state index contributed by atoms with van der Waals surface area (Å²) in [6.45, 7) is 6.84. The van der Waals surface area contributed by atoms with Crippen molar-refractivity contribution < 1.29 is 4.74 Å². The Morgan fingerprint density at radius 2 is 2.11 bits per heavy atom. The van der Waals surface area contributed by atoms with Gasteiger partial charge in [0.05, 0.1) is 18.2 Å². The van der Waals surface area contributed by atoms with Crippen LogP contribution in [0.25, 0.3) is 0 Å². The predicted molar refractivity (Wildman–Crippen MR) is 82.2 cm³/mol. The van der Waals surface area contributed by atoms with E-state index in [9.17, 15) is 0 Å². The summed E-state index contributed by atoms with van der Waals surface area (Å²) in [7, 11) is 0. The molecule has 1 aliphatic rings. The van der Waals surface area contributed by atoms with Gasteiger partial charge in [-0.1, -0.05) is 42.5 Å². The van der Waals surface area contributed by atoms with E-state index in [4.69, 9.17) is 22.7 Å². The second-order valence-electron chi connectivity index (χ2n) is 5.66. The molecule has 0 spiro atoms. The number of nitrogens with two attached hydrogens (primary N) is 1. The number of hydrogen-bond acceptors (Lipinski definition) is 3. The van der Waals surface area contributed by atoms with Gasteiger partial charge in [0.25, 0.3) is 0 Å². The quantitative estimate of drug-likeness (QED) is 0.859. The third kappa shape index (κ3) is 3.53. The number of rotatable bonds is 4. The maximum Gasteiger partial charge on any atom is 0.0746 e. The van der Waals surface area contributed by atoms with Gasteiger partial charge in [0.2, 0.25) is 0 Å². The Kier molecular flexibility index (Phi) is 4.55. The normalized spacial score (nSPS) is 20.9. The molecule has 0 aliphatic carbocycles. The van der Waals surface area contributed by atoms with Gasteiger partial charge in [0.15, 0.2) is 0 Å². The molecule has 2 N–H and O–H groups in total. The second-order valence-corrected chi connectivity index (χ2v) is 6.18. The molecular formula is C15H22N2OS. The minimum Gasteiger partial charge on any atom is -0.393 e. The SMILES string of the molecule is CC1(C)COCCN1C(CC(N)=S)c1ccccc1. The van der Waals surface area contributed by atoms with E-state index in [1.165, 1.54) is 5.56 Å². The molecule has 2 rings (SSSR count). The number of morpholine rings is 1. The van der Waals surface area contributed by atoms with E-state index in [0.29, 0.717) is 11.4 Å². The average Bonchev–Trinajstić information content (AvgIpc) is 2.37. The first-order valence-electron chi connectivity index (χ1n) is 6.68. The third-order valence-electron chi connectivity index (χ3n) is 3.66. The summed E-state index contributed by atoms with van der Waals surface area (Å²) in [5, 5.41) is 0. The summed E-state index contributed by atoms with van der Waals surface area (Å²) in [5.74, 6) is 0. The molecule has 1 saturated heterocycles. The molecule has 1 unspecified atom stereocenters. The molecule has 19 heavy (non-hydrogen) atoms. The lowest BCUT2D eigenvalue weighted by Crippen LogP contribution is -2.54. The van der Waals surface area contributed by atoms with Gasteiger partial charge in [0, 0.05) is 24.5 Å². The number of benzene rings is 1. The third-order valence-corrected chi connectivity index (χ3v) is 3.83. The van der Waals surface area contributed by atoms with Crippen LogP contribution in [0.2, 0.25) is 0 Å². The topological polar surface area (TPSA) is 38.5 Å². The lowest BCUT2D eigenvalue weighted by atomic mass is 9.94. The zero-order valence-corrected chi connectivity index (χ0v) is 12.5. The van der Waals surface area contributed by atoms with Gasteiger partial charge < -0.3 is 10.5 Å². The van der Waals surface area contributed by atoms with Crippen LogP contribution in [0.1, 0.15) is 31.9 Å². The summed E-state index contributed by atoms with van der Waals surface area (Å²) in [6, 6.07) is 10.7. The molecule has 1 aromatic rings. The van der Waals surface area contributed by atoms with E-state index in [2.05, 4.69) is 43.0 Å². The van der Waals surface area contributed by atoms with Crippen molar-refractivity contribution in [3.63, 3.8) is 0 Å². The van der Waals surface area contributed by atoms with Gasteiger partial charge in [0.1, 0.15) is 0 Å². The van der Waals surface area contributed by atoms with Crippen molar-refractivity contribution in [3.05, 3.63) is 35.9 Å². The molecule has 104 valence electrons. The van der Waals surface area contributed by atoms with E-state index in [0.717, 1.165) is 19.8 Å². The van der Waals surface area contributed by atoms with Crippen LogP contribution in [-0.2, 0) is 4.74 Å². The van der Waals surface area contributed by atoms with E-state index >= 15 is 0 Å². The summed E-state index contributed by atoms with van der Waals surface area (Å²) in [4.78, 5) is 3.03.